The Balaban J connectivity index is 1.62. The molecule has 0 atom stereocenters. The molecule has 0 aliphatic heterocycles. The first-order chi connectivity index (χ1) is 11.6. The van der Waals surface area contributed by atoms with Gasteiger partial charge in [-0.1, -0.05) is 18.2 Å². The van der Waals surface area contributed by atoms with Gasteiger partial charge < -0.3 is 10.6 Å². The van der Waals surface area contributed by atoms with Crippen LogP contribution in [0, 0.1) is 17.5 Å². The Hall–Kier alpha value is -1.73. The molecule has 2 nitrogen and oxygen atoms in total. The summed E-state index contributed by atoms with van der Waals surface area (Å²) in [6.07, 6.45) is 0.841. The van der Waals surface area contributed by atoms with Crippen molar-refractivity contribution in [2.24, 2.45) is 0 Å². The normalized spacial score (nSPS) is 10.5. The number of nitrogens with one attached hydrogen (secondary N) is 2. The van der Waals surface area contributed by atoms with Crippen LogP contribution in [0.1, 0.15) is 12.0 Å². The number of benzene rings is 2. The van der Waals surface area contributed by atoms with Crippen molar-refractivity contribution in [2.45, 2.75) is 12.2 Å². The monoisotopic (exact) mass is 370 g/mol. The topological polar surface area (TPSA) is 24.1 Å². The third kappa shape index (κ3) is 6.05. The van der Waals surface area contributed by atoms with Crippen molar-refractivity contribution in [3.63, 3.8) is 0 Å². The third-order valence-corrected chi connectivity index (χ3v) is 4.50. The number of rotatable bonds is 7. The van der Waals surface area contributed by atoms with E-state index in [0.29, 0.717) is 6.54 Å². The second-order valence-electron chi connectivity index (χ2n) is 5.01. The van der Waals surface area contributed by atoms with Gasteiger partial charge in [-0.25, -0.2) is 13.2 Å². The zero-order valence-electron chi connectivity index (χ0n) is 12.8. The summed E-state index contributed by atoms with van der Waals surface area (Å²) in [6.45, 7) is 0.596. The molecule has 2 aromatic rings. The SMILES string of the molecule is Fc1ccc(CSCCCNC(=S)Nc2c(F)cccc2F)cc1. The van der Waals surface area contributed by atoms with Crippen LogP contribution in [-0.2, 0) is 5.75 Å². The Morgan fingerprint density at radius 3 is 2.33 bits per heavy atom. The lowest BCUT2D eigenvalue weighted by Gasteiger charge is -2.11. The van der Waals surface area contributed by atoms with Gasteiger partial charge in [0.25, 0.3) is 0 Å². The molecule has 24 heavy (non-hydrogen) atoms. The third-order valence-electron chi connectivity index (χ3n) is 3.13. The predicted molar refractivity (Wildman–Crippen MR) is 97.8 cm³/mol. The van der Waals surface area contributed by atoms with Gasteiger partial charge in [-0.3, -0.25) is 0 Å². The Morgan fingerprint density at radius 2 is 1.67 bits per heavy atom. The fourth-order valence-corrected chi connectivity index (χ4v) is 3.05. The lowest BCUT2D eigenvalue weighted by atomic mass is 10.2. The molecule has 0 spiro atoms. The fourth-order valence-electron chi connectivity index (χ4n) is 1.92. The first-order valence-electron chi connectivity index (χ1n) is 7.37. The van der Waals surface area contributed by atoms with Crippen LogP contribution in [0.3, 0.4) is 0 Å². The average molecular weight is 370 g/mol. The van der Waals surface area contributed by atoms with Gasteiger partial charge in [0.05, 0.1) is 0 Å². The molecule has 7 heteroatoms. The van der Waals surface area contributed by atoms with E-state index in [2.05, 4.69) is 10.6 Å². The average Bonchev–Trinajstić information content (AvgIpc) is 2.56. The minimum absolute atomic E-state index is 0.183. The van der Waals surface area contributed by atoms with E-state index >= 15 is 0 Å². The summed E-state index contributed by atoms with van der Waals surface area (Å²) in [5.41, 5.74) is 0.822. The van der Waals surface area contributed by atoms with Crippen LogP contribution in [0.25, 0.3) is 0 Å². The number of thiocarbonyl (C=S) groups is 1. The van der Waals surface area contributed by atoms with Crippen LogP contribution >= 0.6 is 24.0 Å². The van der Waals surface area contributed by atoms with E-state index in [4.69, 9.17) is 12.2 Å². The molecule has 0 saturated heterocycles. The van der Waals surface area contributed by atoms with Crippen LogP contribution in [-0.4, -0.2) is 17.4 Å². The van der Waals surface area contributed by atoms with Gasteiger partial charge in [-0.15, -0.1) is 0 Å². The zero-order valence-corrected chi connectivity index (χ0v) is 14.5. The molecule has 0 heterocycles. The highest BCUT2D eigenvalue weighted by molar-refractivity contribution is 7.98. The first-order valence-corrected chi connectivity index (χ1v) is 8.93. The summed E-state index contributed by atoms with van der Waals surface area (Å²) in [7, 11) is 0. The van der Waals surface area contributed by atoms with E-state index in [1.165, 1.54) is 30.3 Å². The van der Waals surface area contributed by atoms with Gasteiger partial charge in [0.2, 0.25) is 0 Å². The van der Waals surface area contributed by atoms with Crippen molar-refractivity contribution in [3.05, 3.63) is 65.5 Å². The Kier molecular flexibility index (Phi) is 7.39. The summed E-state index contributed by atoms with van der Waals surface area (Å²) in [6, 6.07) is 10.1. The standard InChI is InChI=1S/C17H17F3N2S2/c18-13-7-5-12(6-8-13)11-24-10-2-9-21-17(23)22-16-14(19)3-1-4-15(16)20/h1,3-8H,2,9-11H2,(H2,21,22,23). The van der Waals surface area contributed by atoms with Crippen LogP contribution in [0.2, 0.25) is 0 Å². The summed E-state index contributed by atoms with van der Waals surface area (Å²) in [5.74, 6) is 0.0908. The predicted octanol–water partition coefficient (Wildman–Crippen LogP) is 4.71. The van der Waals surface area contributed by atoms with E-state index in [1.54, 1.807) is 23.9 Å². The van der Waals surface area contributed by atoms with Gasteiger partial charge in [-0.2, -0.15) is 11.8 Å². The Morgan fingerprint density at radius 1 is 1.00 bits per heavy atom. The van der Waals surface area contributed by atoms with Crippen molar-refractivity contribution in [2.75, 3.05) is 17.6 Å². The number of para-hydroxylation sites is 1. The van der Waals surface area contributed by atoms with Crippen LogP contribution in [0.5, 0.6) is 0 Å². The highest BCUT2D eigenvalue weighted by Gasteiger charge is 2.09. The molecule has 0 amide bonds. The van der Waals surface area contributed by atoms with Crippen molar-refractivity contribution < 1.29 is 13.2 Å². The molecule has 0 aliphatic carbocycles. The summed E-state index contributed by atoms with van der Waals surface area (Å²) >= 11 is 6.75. The highest BCUT2D eigenvalue weighted by Crippen LogP contribution is 2.17. The quantitative estimate of drug-likeness (QED) is 0.544. The minimum Gasteiger partial charge on any atom is -0.362 e. The smallest absolute Gasteiger partial charge is 0.170 e. The van der Waals surface area contributed by atoms with Crippen molar-refractivity contribution in [3.8, 4) is 0 Å². The molecule has 128 valence electrons. The number of hydrogen-bond donors (Lipinski definition) is 2. The molecule has 2 rings (SSSR count). The number of hydrogen-bond acceptors (Lipinski definition) is 2. The molecule has 0 aliphatic rings. The van der Waals surface area contributed by atoms with E-state index in [9.17, 15) is 13.2 Å². The lowest BCUT2D eigenvalue weighted by molar-refractivity contribution is 0.591. The van der Waals surface area contributed by atoms with Crippen molar-refractivity contribution in [1.29, 1.82) is 0 Å². The number of thioether (sulfide) groups is 1. The number of halogens is 3. The second kappa shape index (κ2) is 9.54. The highest BCUT2D eigenvalue weighted by atomic mass is 32.2. The van der Waals surface area contributed by atoms with Gasteiger partial charge in [0.15, 0.2) is 5.11 Å². The molecular formula is C17H17F3N2S2. The maximum atomic E-state index is 13.5. The van der Waals surface area contributed by atoms with Crippen LogP contribution in [0.4, 0.5) is 18.9 Å². The molecule has 0 unspecified atom stereocenters. The zero-order chi connectivity index (χ0) is 17.4. The van der Waals surface area contributed by atoms with Crippen LogP contribution < -0.4 is 10.6 Å². The van der Waals surface area contributed by atoms with Crippen molar-refractivity contribution in [1.82, 2.24) is 5.32 Å². The minimum atomic E-state index is -0.686. The van der Waals surface area contributed by atoms with Crippen LogP contribution in [0.15, 0.2) is 42.5 Å². The fraction of sp³-hybridized carbons (Fsp3) is 0.235. The van der Waals surface area contributed by atoms with E-state index in [-0.39, 0.29) is 16.6 Å². The largest absolute Gasteiger partial charge is 0.362 e. The van der Waals surface area contributed by atoms with Gasteiger partial charge in [-0.05, 0) is 54.2 Å². The van der Waals surface area contributed by atoms with Crippen molar-refractivity contribution >= 4 is 34.8 Å². The molecule has 0 fully saturated rings. The molecule has 0 radical (unpaired) electrons. The summed E-state index contributed by atoms with van der Waals surface area (Å²) in [4.78, 5) is 0. The number of anilines is 1. The van der Waals surface area contributed by atoms with Gasteiger partial charge in [0.1, 0.15) is 23.1 Å². The molecule has 0 saturated carbocycles. The summed E-state index contributed by atoms with van der Waals surface area (Å²) in [5, 5.41) is 5.63. The molecule has 2 aromatic carbocycles. The van der Waals surface area contributed by atoms with Gasteiger partial charge >= 0.3 is 0 Å². The van der Waals surface area contributed by atoms with E-state index in [1.807, 2.05) is 0 Å². The molecule has 2 N–H and O–H groups in total. The Labute approximate surface area is 148 Å². The summed E-state index contributed by atoms with van der Waals surface area (Å²) < 4.78 is 39.7. The molecular weight excluding hydrogens is 353 g/mol. The molecule has 0 aromatic heterocycles. The second-order valence-corrected chi connectivity index (χ2v) is 6.52. The van der Waals surface area contributed by atoms with E-state index < -0.39 is 11.6 Å². The maximum Gasteiger partial charge on any atom is 0.170 e. The van der Waals surface area contributed by atoms with Gasteiger partial charge in [0, 0.05) is 12.3 Å². The Bertz CT molecular complexity index is 658. The lowest BCUT2D eigenvalue weighted by Crippen LogP contribution is -2.30. The van der Waals surface area contributed by atoms with E-state index in [0.717, 1.165) is 23.5 Å². The first kappa shape index (κ1) is 18.6. The maximum absolute atomic E-state index is 13.5. The molecule has 0 bridgehead atoms.